The number of hydrogen-bond donors (Lipinski definition) is 2. The predicted molar refractivity (Wildman–Crippen MR) is 107 cm³/mol. The van der Waals surface area contributed by atoms with Crippen molar-refractivity contribution >= 4 is 36.4 Å². The number of ether oxygens (including phenoxy) is 1. The lowest BCUT2D eigenvalue weighted by Crippen LogP contribution is -2.36. The van der Waals surface area contributed by atoms with Gasteiger partial charge in [-0.05, 0) is 23.3 Å². The third-order valence-corrected chi connectivity index (χ3v) is 4.07. The average molecular weight is 399 g/mol. The SMILES string of the molecule is Cl.Cl.Nc1ccc(C(=O)NCc2ccccc2CN2CCOCC2)nc1. The summed E-state index contributed by atoms with van der Waals surface area (Å²) in [5, 5.41) is 2.93. The highest BCUT2D eigenvalue weighted by Gasteiger charge is 2.13. The van der Waals surface area contributed by atoms with Crippen LogP contribution in [0.2, 0.25) is 0 Å². The van der Waals surface area contributed by atoms with Crippen LogP contribution >= 0.6 is 24.8 Å². The summed E-state index contributed by atoms with van der Waals surface area (Å²) in [5.41, 5.74) is 8.85. The quantitative estimate of drug-likeness (QED) is 0.807. The Morgan fingerprint density at radius 3 is 2.46 bits per heavy atom. The van der Waals surface area contributed by atoms with Gasteiger partial charge in [-0.3, -0.25) is 9.69 Å². The van der Waals surface area contributed by atoms with E-state index in [4.69, 9.17) is 10.5 Å². The number of nitrogen functional groups attached to an aromatic ring is 1. The standard InChI is InChI=1S/C18H22N4O2.2ClH/c19-16-5-6-17(20-12-16)18(23)21-11-14-3-1-2-4-15(14)13-22-7-9-24-10-8-22;;/h1-6,12H,7-11,13,19H2,(H,21,23);2*1H. The minimum absolute atomic E-state index is 0. The summed E-state index contributed by atoms with van der Waals surface area (Å²) in [6, 6.07) is 11.5. The van der Waals surface area contributed by atoms with E-state index in [9.17, 15) is 4.79 Å². The van der Waals surface area contributed by atoms with Gasteiger partial charge in [-0.1, -0.05) is 24.3 Å². The topological polar surface area (TPSA) is 80.5 Å². The number of pyridine rings is 1. The van der Waals surface area contributed by atoms with Crippen LogP contribution in [-0.4, -0.2) is 42.1 Å². The predicted octanol–water partition coefficient (Wildman–Crippen LogP) is 2.27. The highest BCUT2D eigenvalue weighted by Crippen LogP contribution is 2.13. The molecule has 6 nitrogen and oxygen atoms in total. The molecule has 3 rings (SSSR count). The average Bonchev–Trinajstić information content (AvgIpc) is 2.62. The first-order valence-corrected chi connectivity index (χ1v) is 8.09. The fraction of sp³-hybridized carbons (Fsp3) is 0.333. The zero-order chi connectivity index (χ0) is 16.8. The highest BCUT2D eigenvalue weighted by molar-refractivity contribution is 5.92. The van der Waals surface area contributed by atoms with Crippen LogP contribution < -0.4 is 11.1 Å². The maximum Gasteiger partial charge on any atom is 0.270 e. The van der Waals surface area contributed by atoms with Crippen LogP contribution in [0, 0.1) is 0 Å². The molecule has 0 bridgehead atoms. The first-order valence-electron chi connectivity index (χ1n) is 8.09. The Bertz CT molecular complexity index is 692. The minimum atomic E-state index is -0.198. The van der Waals surface area contributed by atoms with E-state index >= 15 is 0 Å². The van der Waals surface area contributed by atoms with Crippen molar-refractivity contribution in [2.24, 2.45) is 0 Å². The Balaban J connectivity index is 0.00000169. The van der Waals surface area contributed by atoms with E-state index in [1.54, 1.807) is 12.1 Å². The van der Waals surface area contributed by atoms with E-state index in [0.29, 0.717) is 17.9 Å². The first-order chi connectivity index (χ1) is 11.7. The van der Waals surface area contributed by atoms with Crippen LogP contribution in [0.1, 0.15) is 21.6 Å². The number of anilines is 1. The zero-order valence-corrected chi connectivity index (χ0v) is 16.0. The molecule has 1 saturated heterocycles. The molecule has 1 aliphatic rings. The number of carbonyl (C=O) groups excluding carboxylic acids is 1. The molecule has 0 atom stereocenters. The molecule has 1 aliphatic heterocycles. The van der Waals surface area contributed by atoms with E-state index in [0.717, 1.165) is 38.4 Å². The Hall–Kier alpha value is -1.86. The molecule has 1 aromatic carbocycles. The van der Waals surface area contributed by atoms with Crippen LogP contribution in [0.5, 0.6) is 0 Å². The van der Waals surface area contributed by atoms with Crippen molar-refractivity contribution in [2.75, 3.05) is 32.0 Å². The third kappa shape index (κ3) is 6.14. The molecule has 2 heterocycles. The van der Waals surface area contributed by atoms with Gasteiger partial charge in [0.2, 0.25) is 0 Å². The summed E-state index contributed by atoms with van der Waals surface area (Å²) in [4.78, 5) is 18.6. The number of halogens is 2. The molecule has 1 aromatic heterocycles. The molecule has 8 heteroatoms. The van der Waals surface area contributed by atoms with Crippen molar-refractivity contribution in [3.8, 4) is 0 Å². The van der Waals surface area contributed by atoms with Gasteiger partial charge >= 0.3 is 0 Å². The van der Waals surface area contributed by atoms with Crippen LogP contribution in [0.15, 0.2) is 42.6 Å². The normalized spacial score (nSPS) is 14.0. The second-order valence-corrected chi connectivity index (χ2v) is 5.82. The zero-order valence-electron chi connectivity index (χ0n) is 14.4. The van der Waals surface area contributed by atoms with Crippen molar-refractivity contribution in [2.45, 2.75) is 13.1 Å². The van der Waals surface area contributed by atoms with Crippen molar-refractivity contribution in [3.63, 3.8) is 0 Å². The van der Waals surface area contributed by atoms with E-state index < -0.39 is 0 Å². The van der Waals surface area contributed by atoms with Crippen molar-refractivity contribution in [3.05, 3.63) is 59.4 Å². The summed E-state index contributed by atoms with van der Waals surface area (Å²) in [5.74, 6) is -0.198. The molecule has 142 valence electrons. The summed E-state index contributed by atoms with van der Waals surface area (Å²) in [6.45, 7) is 4.79. The Labute approximate surface area is 165 Å². The molecule has 0 radical (unpaired) electrons. The minimum Gasteiger partial charge on any atom is -0.397 e. The lowest BCUT2D eigenvalue weighted by atomic mass is 10.1. The largest absolute Gasteiger partial charge is 0.397 e. The molecule has 26 heavy (non-hydrogen) atoms. The van der Waals surface area contributed by atoms with Gasteiger partial charge in [0, 0.05) is 26.2 Å². The molecule has 0 aliphatic carbocycles. The van der Waals surface area contributed by atoms with Crippen LogP contribution in [0.25, 0.3) is 0 Å². The Kier molecular flexibility index (Phi) is 9.37. The number of morpholine rings is 1. The van der Waals surface area contributed by atoms with Crippen LogP contribution in [0.3, 0.4) is 0 Å². The monoisotopic (exact) mass is 398 g/mol. The van der Waals surface area contributed by atoms with E-state index in [1.807, 2.05) is 18.2 Å². The van der Waals surface area contributed by atoms with Crippen molar-refractivity contribution in [1.29, 1.82) is 0 Å². The number of carbonyl (C=O) groups is 1. The number of amides is 1. The van der Waals surface area contributed by atoms with Crippen LogP contribution in [0.4, 0.5) is 5.69 Å². The maximum absolute atomic E-state index is 12.2. The number of benzene rings is 1. The maximum atomic E-state index is 12.2. The van der Waals surface area contributed by atoms with E-state index in [-0.39, 0.29) is 30.7 Å². The van der Waals surface area contributed by atoms with Crippen LogP contribution in [-0.2, 0) is 17.8 Å². The number of aromatic nitrogens is 1. The molecule has 1 amide bonds. The smallest absolute Gasteiger partial charge is 0.270 e. The number of rotatable bonds is 5. The summed E-state index contributed by atoms with van der Waals surface area (Å²) < 4.78 is 5.39. The van der Waals surface area contributed by atoms with E-state index in [2.05, 4.69) is 21.3 Å². The van der Waals surface area contributed by atoms with Gasteiger partial charge < -0.3 is 15.8 Å². The number of nitrogens with one attached hydrogen (secondary N) is 1. The Morgan fingerprint density at radius 1 is 1.12 bits per heavy atom. The van der Waals surface area contributed by atoms with E-state index in [1.165, 1.54) is 11.8 Å². The van der Waals surface area contributed by atoms with Gasteiger partial charge in [0.05, 0.1) is 25.1 Å². The molecular weight excluding hydrogens is 375 g/mol. The first kappa shape index (κ1) is 22.2. The van der Waals surface area contributed by atoms with Gasteiger partial charge in [0.15, 0.2) is 0 Å². The molecule has 1 fully saturated rings. The summed E-state index contributed by atoms with van der Waals surface area (Å²) >= 11 is 0. The number of nitrogens with zero attached hydrogens (tertiary/aromatic N) is 2. The molecule has 0 spiro atoms. The molecule has 0 saturated carbocycles. The molecule has 3 N–H and O–H groups in total. The number of nitrogens with two attached hydrogens (primary N) is 1. The molecular formula is C18H24Cl2N4O2. The van der Waals surface area contributed by atoms with Gasteiger partial charge in [0.25, 0.3) is 5.91 Å². The summed E-state index contributed by atoms with van der Waals surface area (Å²) in [7, 11) is 0. The lowest BCUT2D eigenvalue weighted by molar-refractivity contribution is 0.0340. The third-order valence-electron chi connectivity index (χ3n) is 4.07. The summed E-state index contributed by atoms with van der Waals surface area (Å²) in [6.07, 6.45) is 1.49. The van der Waals surface area contributed by atoms with Gasteiger partial charge in [-0.15, -0.1) is 24.8 Å². The second-order valence-electron chi connectivity index (χ2n) is 5.82. The van der Waals surface area contributed by atoms with Gasteiger partial charge in [-0.2, -0.15) is 0 Å². The highest BCUT2D eigenvalue weighted by atomic mass is 35.5. The molecule has 2 aromatic rings. The second kappa shape index (κ2) is 11.0. The van der Waals surface area contributed by atoms with Gasteiger partial charge in [-0.25, -0.2) is 4.98 Å². The Morgan fingerprint density at radius 2 is 1.81 bits per heavy atom. The fourth-order valence-electron chi connectivity index (χ4n) is 2.69. The fourth-order valence-corrected chi connectivity index (χ4v) is 2.69. The molecule has 0 unspecified atom stereocenters. The van der Waals surface area contributed by atoms with Crippen molar-refractivity contribution in [1.82, 2.24) is 15.2 Å². The van der Waals surface area contributed by atoms with Crippen molar-refractivity contribution < 1.29 is 9.53 Å². The number of hydrogen-bond acceptors (Lipinski definition) is 5. The lowest BCUT2D eigenvalue weighted by Gasteiger charge is -2.27. The van der Waals surface area contributed by atoms with Gasteiger partial charge in [0.1, 0.15) is 5.69 Å².